The number of anilines is 1. The summed E-state index contributed by atoms with van der Waals surface area (Å²) in [6, 6.07) is 13.3. The van der Waals surface area contributed by atoms with Crippen LogP contribution in [0.5, 0.6) is 11.5 Å². The van der Waals surface area contributed by atoms with Crippen molar-refractivity contribution in [3.63, 3.8) is 0 Å². The summed E-state index contributed by atoms with van der Waals surface area (Å²) in [4.78, 5) is 0. The molecule has 0 bridgehead atoms. The minimum atomic E-state index is 0.529. The van der Waals surface area contributed by atoms with E-state index in [0.29, 0.717) is 24.7 Å². The summed E-state index contributed by atoms with van der Waals surface area (Å²) in [5.74, 6) is 1.43. The van der Waals surface area contributed by atoms with Gasteiger partial charge in [-0.2, -0.15) is 0 Å². The summed E-state index contributed by atoms with van der Waals surface area (Å²) in [5.41, 5.74) is 1.01. The van der Waals surface area contributed by atoms with Gasteiger partial charge in [0.1, 0.15) is 6.61 Å². The average Bonchev–Trinajstić information content (AvgIpc) is 2.46. The molecule has 0 aliphatic carbocycles. The van der Waals surface area contributed by atoms with E-state index < -0.39 is 0 Å². The second-order valence-corrected chi connectivity index (χ2v) is 5.34. The van der Waals surface area contributed by atoms with Gasteiger partial charge in [0.05, 0.1) is 11.6 Å². The van der Waals surface area contributed by atoms with E-state index in [9.17, 15) is 0 Å². The van der Waals surface area contributed by atoms with Gasteiger partial charge in [0.15, 0.2) is 11.5 Å². The van der Waals surface area contributed by atoms with Gasteiger partial charge in [-0.15, -0.1) is 0 Å². The van der Waals surface area contributed by atoms with E-state index >= 15 is 0 Å². The molecule has 0 amide bonds. The number of para-hydroxylation sites is 1. The predicted molar refractivity (Wildman–Crippen MR) is 86.1 cm³/mol. The van der Waals surface area contributed by atoms with Crippen LogP contribution in [0.1, 0.15) is 0 Å². The van der Waals surface area contributed by atoms with E-state index in [1.54, 1.807) is 7.11 Å². The van der Waals surface area contributed by atoms with Gasteiger partial charge in [-0.25, -0.2) is 0 Å². The van der Waals surface area contributed by atoms with Crippen LogP contribution in [0.3, 0.4) is 0 Å². The Kier molecular flexibility index (Phi) is 5.56. The van der Waals surface area contributed by atoms with Crippen molar-refractivity contribution in [2.75, 3.05) is 25.6 Å². The summed E-state index contributed by atoms with van der Waals surface area (Å²) in [6.07, 6.45) is 0. The molecule has 0 heterocycles. The topological polar surface area (TPSA) is 30.5 Å². The number of hydrogen-bond donors (Lipinski definition) is 1. The van der Waals surface area contributed by atoms with Gasteiger partial charge < -0.3 is 14.8 Å². The van der Waals surface area contributed by atoms with Crippen LogP contribution in [0.15, 0.2) is 46.9 Å². The van der Waals surface area contributed by atoms with Gasteiger partial charge in [0.2, 0.25) is 0 Å². The zero-order valence-electron chi connectivity index (χ0n) is 11.0. The van der Waals surface area contributed by atoms with E-state index in [-0.39, 0.29) is 0 Å². The smallest absolute Gasteiger partial charge is 0.175 e. The van der Waals surface area contributed by atoms with Crippen LogP contribution >= 0.6 is 27.5 Å². The zero-order valence-corrected chi connectivity index (χ0v) is 13.4. The van der Waals surface area contributed by atoms with Crippen molar-refractivity contribution >= 4 is 33.2 Å². The van der Waals surface area contributed by atoms with Gasteiger partial charge in [-0.05, 0) is 52.3 Å². The molecule has 0 atom stereocenters. The first-order chi connectivity index (χ1) is 9.70. The number of benzene rings is 2. The lowest BCUT2D eigenvalue weighted by atomic mass is 10.3. The highest BCUT2D eigenvalue weighted by Crippen LogP contribution is 2.34. The first-order valence-electron chi connectivity index (χ1n) is 6.15. The van der Waals surface area contributed by atoms with E-state index in [2.05, 4.69) is 21.2 Å². The Morgan fingerprint density at radius 2 is 1.90 bits per heavy atom. The normalized spacial score (nSPS) is 10.2. The Morgan fingerprint density at radius 3 is 2.60 bits per heavy atom. The molecule has 106 valence electrons. The Morgan fingerprint density at radius 1 is 1.15 bits per heavy atom. The van der Waals surface area contributed by atoms with Crippen molar-refractivity contribution in [1.29, 1.82) is 0 Å². The molecule has 2 aromatic rings. The molecule has 3 nitrogen and oxygen atoms in total. The molecule has 0 saturated heterocycles. The molecule has 0 spiro atoms. The first-order valence-corrected chi connectivity index (χ1v) is 7.32. The van der Waals surface area contributed by atoms with Crippen molar-refractivity contribution in [3.05, 3.63) is 52.0 Å². The highest BCUT2D eigenvalue weighted by Gasteiger charge is 2.07. The van der Waals surface area contributed by atoms with Crippen LogP contribution in [0.25, 0.3) is 0 Å². The summed E-state index contributed by atoms with van der Waals surface area (Å²) in [6.45, 7) is 1.22. The van der Waals surface area contributed by atoms with Crippen LogP contribution in [0.4, 0.5) is 5.69 Å². The summed E-state index contributed by atoms with van der Waals surface area (Å²) >= 11 is 9.29. The van der Waals surface area contributed by atoms with E-state index in [1.807, 2.05) is 42.5 Å². The number of nitrogens with one attached hydrogen (secondary N) is 1. The number of ether oxygens (including phenoxy) is 2. The molecule has 20 heavy (non-hydrogen) atoms. The monoisotopic (exact) mass is 355 g/mol. The van der Waals surface area contributed by atoms with Crippen molar-refractivity contribution in [3.8, 4) is 11.5 Å². The SMILES string of the molecule is COc1cccc(Br)c1OCCNc1ccc(Cl)cc1. The van der Waals surface area contributed by atoms with Crippen molar-refractivity contribution in [1.82, 2.24) is 0 Å². The van der Waals surface area contributed by atoms with Crippen molar-refractivity contribution < 1.29 is 9.47 Å². The third kappa shape index (κ3) is 4.05. The largest absolute Gasteiger partial charge is 0.493 e. The number of hydrogen-bond acceptors (Lipinski definition) is 3. The van der Waals surface area contributed by atoms with Gasteiger partial charge in [0.25, 0.3) is 0 Å². The van der Waals surface area contributed by atoms with Gasteiger partial charge in [0, 0.05) is 17.3 Å². The fourth-order valence-electron chi connectivity index (χ4n) is 1.71. The molecule has 0 aromatic heterocycles. The lowest BCUT2D eigenvalue weighted by Gasteiger charge is -2.13. The fraction of sp³-hybridized carbons (Fsp3) is 0.200. The maximum absolute atomic E-state index is 5.83. The number of halogens is 2. The Hall–Kier alpha value is -1.39. The van der Waals surface area contributed by atoms with E-state index in [4.69, 9.17) is 21.1 Å². The molecule has 0 aliphatic rings. The zero-order chi connectivity index (χ0) is 14.4. The molecule has 0 unspecified atom stereocenters. The Balaban J connectivity index is 1.86. The Bertz CT molecular complexity index is 560. The Labute approximate surface area is 132 Å². The lowest BCUT2D eigenvalue weighted by molar-refractivity contribution is 0.304. The summed E-state index contributed by atoms with van der Waals surface area (Å²) in [7, 11) is 1.63. The molecule has 2 aromatic carbocycles. The second-order valence-electron chi connectivity index (χ2n) is 4.05. The maximum atomic E-state index is 5.83. The van der Waals surface area contributed by atoms with Crippen molar-refractivity contribution in [2.45, 2.75) is 0 Å². The molecule has 0 aliphatic heterocycles. The molecule has 5 heteroatoms. The standard InChI is InChI=1S/C15H15BrClNO2/c1-19-14-4-2-3-13(16)15(14)20-10-9-18-12-7-5-11(17)6-8-12/h2-8,18H,9-10H2,1H3. The molecule has 0 fully saturated rings. The maximum Gasteiger partial charge on any atom is 0.175 e. The third-order valence-corrected chi connectivity index (χ3v) is 3.55. The van der Waals surface area contributed by atoms with Gasteiger partial charge >= 0.3 is 0 Å². The van der Waals surface area contributed by atoms with E-state index in [0.717, 1.165) is 15.2 Å². The highest BCUT2D eigenvalue weighted by atomic mass is 79.9. The lowest BCUT2D eigenvalue weighted by Crippen LogP contribution is -2.12. The van der Waals surface area contributed by atoms with E-state index in [1.165, 1.54) is 0 Å². The molecule has 0 saturated carbocycles. The fourth-order valence-corrected chi connectivity index (χ4v) is 2.29. The molecule has 2 rings (SSSR count). The first kappa shape index (κ1) is 15.0. The van der Waals surface area contributed by atoms with Crippen LogP contribution in [0, 0.1) is 0 Å². The van der Waals surface area contributed by atoms with Crippen LogP contribution in [0.2, 0.25) is 5.02 Å². The molecule has 0 radical (unpaired) electrons. The van der Waals surface area contributed by atoms with Crippen LogP contribution < -0.4 is 14.8 Å². The molecular formula is C15H15BrClNO2. The van der Waals surface area contributed by atoms with Crippen molar-refractivity contribution in [2.24, 2.45) is 0 Å². The van der Waals surface area contributed by atoms with Gasteiger partial charge in [-0.3, -0.25) is 0 Å². The molecular weight excluding hydrogens is 342 g/mol. The second kappa shape index (κ2) is 7.41. The minimum absolute atomic E-state index is 0.529. The quantitative estimate of drug-likeness (QED) is 0.767. The minimum Gasteiger partial charge on any atom is -0.493 e. The predicted octanol–water partition coefficient (Wildman–Crippen LogP) is 4.60. The number of rotatable bonds is 6. The summed E-state index contributed by atoms with van der Waals surface area (Å²) < 4.78 is 11.9. The van der Waals surface area contributed by atoms with Crippen LogP contribution in [-0.2, 0) is 0 Å². The molecule has 1 N–H and O–H groups in total. The highest BCUT2D eigenvalue weighted by molar-refractivity contribution is 9.10. The van der Waals surface area contributed by atoms with Crippen LogP contribution in [-0.4, -0.2) is 20.3 Å². The third-order valence-electron chi connectivity index (χ3n) is 2.67. The number of methoxy groups -OCH3 is 1. The van der Waals surface area contributed by atoms with Gasteiger partial charge in [-0.1, -0.05) is 17.7 Å². The average molecular weight is 357 g/mol. The summed E-state index contributed by atoms with van der Waals surface area (Å²) in [5, 5.41) is 3.99.